The van der Waals surface area contributed by atoms with Crippen molar-refractivity contribution in [3.05, 3.63) is 24.3 Å². The zero-order valence-corrected chi connectivity index (χ0v) is 20.6. The van der Waals surface area contributed by atoms with Crippen LogP contribution in [0.5, 0.6) is 0 Å². The lowest BCUT2D eigenvalue weighted by atomic mass is 9.86. The molecule has 2 amide bonds. The van der Waals surface area contributed by atoms with Crippen molar-refractivity contribution in [3.63, 3.8) is 0 Å². The summed E-state index contributed by atoms with van der Waals surface area (Å²) in [7, 11) is 2.09. The van der Waals surface area contributed by atoms with Crippen LogP contribution < -0.4 is 16.0 Å². The van der Waals surface area contributed by atoms with Crippen molar-refractivity contribution >= 4 is 23.2 Å². The van der Waals surface area contributed by atoms with E-state index in [-0.39, 0.29) is 45.8 Å². The van der Waals surface area contributed by atoms with Crippen molar-refractivity contribution in [2.24, 2.45) is 11.8 Å². The van der Waals surface area contributed by atoms with Gasteiger partial charge in [0.05, 0.1) is 11.8 Å². The van der Waals surface area contributed by atoms with E-state index >= 15 is 0 Å². The normalized spacial score (nSPS) is 28.3. The van der Waals surface area contributed by atoms with Crippen LogP contribution in [-0.4, -0.2) is 45.9 Å². The molecule has 31 heavy (non-hydrogen) atoms. The van der Waals surface area contributed by atoms with Gasteiger partial charge in [-0.2, -0.15) is 0 Å². The summed E-state index contributed by atoms with van der Waals surface area (Å²) in [6.07, 6.45) is 1.61. The van der Waals surface area contributed by atoms with Crippen LogP contribution in [0.2, 0.25) is 0 Å². The molecule has 2 saturated heterocycles. The van der Waals surface area contributed by atoms with E-state index in [4.69, 9.17) is 0 Å². The summed E-state index contributed by atoms with van der Waals surface area (Å²) >= 11 is 0. The van der Waals surface area contributed by atoms with Gasteiger partial charge in [-0.15, -0.1) is 0 Å². The second-order valence-electron chi connectivity index (χ2n) is 11.8. The quantitative estimate of drug-likeness (QED) is 0.671. The Morgan fingerprint density at radius 3 is 1.65 bits per heavy atom. The number of carbonyl (C=O) groups excluding carboxylic acids is 2. The number of amides is 2. The molecule has 2 aliphatic heterocycles. The van der Waals surface area contributed by atoms with Gasteiger partial charge in [0.25, 0.3) is 0 Å². The largest absolute Gasteiger partial charge is 0.326 e. The summed E-state index contributed by atoms with van der Waals surface area (Å²) < 4.78 is 0. The van der Waals surface area contributed by atoms with Gasteiger partial charge in [-0.25, -0.2) is 0 Å². The van der Waals surface area contributed by atoms with Crippen molar-refractivity contribution in [1.82, 2.24) is 10.2 Å². The Morgan fingerprint density at radius 2 is 1.29 bits per heavy atom. The molecule has 1 aromatic carbocycles. The highest BCUT2D eigenvalue weighted by atomic mass is 16.2. The van der Waals surface area contributed by atoms with Crippen molar-refractivity contribution in [2.45, 2.75) is 90.4 Å². The molecular weight excluding hydrogens is 388 g/mol. The number of nitrogens with zero attached hydrogens (tertiary/aromatic N) is 1. The lowest BCUT2D eigenvalue weighted by Crippen LogP contribution is -2.48. The predicted octanol–water partition coefficient (Wildman–Crippen LogP) is 4.24. The van der Waals surface area contributed by atoms with Gasteiger partial charge in [0.1, 0.15) is 0 Å². The standard InChI is InChI=1S/C25H40N4O2/c1-22(2)14-18(24(5,6)28-22)20(30)26-16-10-12-17(13-11-16)27-21(31)19-15-23(3,4)29(9)25(19,7)8/h10-13,18-19,28H,14-15H2,1-9H3,(H,26,30)(H,27,31). The molecule has 0 saturated carbocycles. The Kier molecular flexibility index (Phi) is 5.81. The van der Waals surface area contributed by atoms with E-state index in [1.807, 2.05) is 24.3 Å². The molecule has 2 heterocycles. The number of likely N-dealkylation sites (tertiary alicyclic amines) is 1. The fourth-order valence-electron chi connectivity index (χ4n) is 5.61. The third-order valence-electron chi connectivity index (χ3n) is 7.63. The third kappa shape index (κ3) is 4.65. The van der Waals surface area contributed by atoms with Gasteiger partial charge in [-0.1, -0.05) is 0 Å². The lowest BCUT2D eigenvalue weighted by molar-refractivity contribution is -0.122. The number of benzene rings is 1. The smallest absolute Gasteiger partial charge is 0.229 e. The number of carbonyl (C=O) groups is 2. The van der Waals surface area contributed by atoms with Gasteiger partial charge < -0.3 is 16.0 Å². The van der Waals surface area contributed by atoms with E-state index in [0.717, 1.165) is 24.2 Å². The summed E-state index contributed by atoms with van der Waals surface area (Å²) in [6, 6.07) is 7.41. The maximum atomic E-state index is 13.0. The Hall–Kier alpha value is -1.92. The van der Waals surface area contributed by atoms with Gasteiger partial charge in [0, 0.05) is 33.5 Å². The molecule has 6 nitrogen and oxygen atoms in total. The van der Waals surface area contributed by atoms with Crippen molar-refractivity contribution in [3.8, 4) is 0 Å². The highest BCUT2D eigenvalue weighted by Gasteiger charge is 2.52. The minimum absolute atomic E-state index is 0.0168. The Labute approximate surface area is 187 Å². The number of hydrogen-bond donors (Lipinski definition) is 3. The number of rotatable bonds is 4. The molecule has 2 unspecified atom stereocenters. The summed E-state index contributed by atoms with van der Waals surface area (Å²) in [4.78, 5) is 28.2. The van der Waals surface area contributed by atoms with E-state index in [2.05, 4.69) is 83.3 Å². The van der Waals surface area contributed by atoms with Crippen molar-refractivity contribution in [1.29, 1.82) is 0 Å². The third-order valence-corrected chi connectivity index (χ3v) is 7.63. The second-order valence-corrected chi connectivity index (χ2v) is 11.8. The monoisotopic (exact) mass is 428 g/mol. The Balaban J connectivity index is 1.63. The fraction of sp³-hybridized carbons (Fsp3) is 0.680. The molecule has 2 fully saturated rings. The van der Waals surface area contributed by atoms with Crippen LogP contribution in [0.4, 0.5) is 11.4 Å². The minimum Gasteiger partial charge on any atom is -0.326 e. The first-order chi connectivity index (χ1) is 14.1. The van der Waals surface area contributed by atoms with Gasteiger partial charge in [-0.3, -0.25) is 14.5 Å². The Morgan fingerprint density at radius 1 is 0.839 bits per heavy atom. The van der Waals surface area contributed by atoms with Crippen LogP contribution in [0.25, 0.3) is 0 Å². The molecule has 6 heteroatoms. The summed E-state index contributed by atoms with van der Waals surface area (Å²) in [5, 5.41) is 9.66. The first kappa shape index (κ1) is 23.7. The zero-order valence-electron chi connectivity index (χ0n) is 20.6. The van der Waals surface area contributed by atoms with E-state index in [9.17, 15) is 9.59 Å². The molecule has 0 aromatic heterocycles. The molecule has 2 aliphatic rings. The first-order valence-corrected chi connectivity index (χ1v) is 11.3. The summed E-state index contributed by atoms with van der Waals surface area (Å²) in [5.41, 5.74) is 0.946. The van der Waals surface area contributed by atoms with Crippen LogP contribution in [0.15, 0.2) is 24.3 Å². The van der Waals surface area contributed by atoms with Crippen molar-refractivity contribution in [2.75, 3.05) is 17.7 Å². The summed E-state index contributed by atoms with van der Waals surface area (Å²) in [6.45, 7) is 17.0. The van der Waals surface area contributed by atoms with Crippen LogP contribution in [0, 0.1) is 11.8 Å². The molecule has 3 rings (SSSR count). The highest BCUT2D eigenvalue weighted by Crippen LogP contribution is 2.44. The van der Waals surface area contributed by atoms with Gasteiger partial charge >= 0.3 is 0 Å². The molecule has 0 bridgehead atoms. The maximum absolute atomic E-state index is 13.0. The molecule has 1 aromatic rings. The SMILES string of the molecule is CN1C(C)(C)CC(C(=O)Nc2ccc(NC(=O)C3CC(C)(C)NC3(C)C)cc2)C1(C)C. The molecule has 3 N–H and O–H groups in total. The predicted molar refractivity (Wildman–Crippen MR) is 127 cm³/mol. The van der Waals surface area contributed by atoms with Gasteiger partial charge in [0.15, 0.2) is 0 Å². The average molecular weight is 429 g/mol. The summed E-state index contributed by atoms with van der Waals surface area (Å²) in [5.74, 6) is -0.128. The second kappa shape index (κ2) is 7.59. The van der Waals surface area contributed by atoms with Crippen molar-refractivity contribution < 1.29 is 9.59 Å². The molecular formula is C25H40N4O2. The average Bonchev–Trinajstić information content (AvgIpc) is 2.96. The topological polar surface area (TPSA) is 73.5 Å². The number of nitrogens with one attached hydrogen (secondary N) is 3. The van der Waals surface area contributed by atoms with Crippen LogP contribution in [0.1, 0.15) is 68.2 Å². The van der Waals surface area contributed by atoms with Crippen LogP contribution >= 0.6 is 0 Å². The molecule has 0 aliphatic carbocycles. The molecule has 172 valence electrons. The lowest BCUT2D eigenvalue weighted by Gasteiger charge is -2.38. The van der Waals surface area contributed by atoms with E-state index in [0.29, 0.717) is 0 Å². The minimum atomic E-state index is -0.253. The Bertz CT molecular complexity index is 855. The maximum Gasteiger partial charge on any atom is 0.229 e. The first-order valence-electron chi connectivity index (χ1n) is 11.3. The van der Waals surface area contributed by atoms with Gasteiger partial charge in [0.2, 0.25) is 11.8 Å². The van der Waals surface area contributed by atoms with Crippen LogP contribution in [0.3, 0.4) is 0 Å². The van der Waals surface area contributed by atoms with E-state index in [1.165, 1.54) is 0 Å². The fourth-order valence-corrected chi connectivity index (χ4v) is 5.61. The molecule has 0 spiro atoms. The van der Waals surface area contributed by atoms with E-state index < -0.39 is 0 Å². The molecule has 0 radical (unpaired) electrons. The van der Waals surface area contributed by atoms with E-state index in [1.54, 1.807) is 0 Å². The van der Waals surface area contributed by atoms with Crippen LogP contribution in [-0.2, 0) is 9.59 Å². The number of hydrogen-bond acceptors (Lipinski definition) is 4. The zero-order chi connectivity index (χ0) is 23.4. The number of anilines is 2. The highest BCUT2D eigenvalue weighted by molar-refractivity contribution is 5.96. The van der Waals surface area contributed by atoms with Gasteiger partial charge in [-0.05, 0) is 99.5 Å². The molecule has 2 atom stereocenters.